The zero-order valence-corrected chi connectivity index (χ0v) is 22.8. The average molecular weight is 532 g/mol. The Kier molecular flexibility index (Phi) is 8.84. The number of likely N-dealkylation sites (tertiary alicyclic amines) is 1. The second kappa shape index (κ2) is 12.5. The lowest BCUT2D eigenvalue weighted by atomic mass is 10.1. The number of aliphatic imine (C=N–C) groups is 1. The fraction of sp³-hybridized carbons (Fsp3) is 0.321. The number of nitrogens with one attached hydrogen (secondary N) is 2. The first kappa shape index (κ1) is 27.7. The number of methoxy groups -OCH3 is 1. The van der Waals surface area contributed by atoms with E-state index in [4.69, 9.17) is 16.3 Å². The number of hydrogen-bond donors (Lipinski definition) is 4. The maximum Gasteiger partial charge on any atom is 0.247 e. The molecule has 2 heterocycles. The zero-order valence-electron chi connectivity index (χ0n) is 22.8. The van der Waals surface area contributed by atoms with E-state index in [1.165, 1.54) is 18.9 Å². The number of anilines is 2. The number of hydrogen-bond acceptors (Lipinski definition) is 8. The van der Waals surface area contributed by atoms with Crippen LogP contribution in [0.1, 0.15) is 18.4 Å². The van der Waals surface area contributed by atoms with E-state index in [0.717, 1.165) is 48.3 Å². The van der Waals surface area contributed by atoms with Crippen LogP contribution in [-0.4, -0.2) is 66.8 Å². The minimum Gasteiger partial charge on any atom is -0.494 e. The van der Waals surface area contributed by atoms with Crippen LogP contribution in [-0.2, 0) is 11.8 Å². The normalized spacial score (nSPS) is 14.5. The Balaban J connectivity index is 1.66. The van der Waals surface area contributed by atoms with Crippen LogP contribution < -0.4 is 32.0 Å². The average Bonchev–Trinajstić information content (AvgIpc) is 3.60. The van der Waals surface area contributed by atoms with Crippen LogP contribution in [0.25, 0.3) is 16.6 Å². The van der Waals surface area contributed by atoms with Crippen LogP contribution in [0.15, 0.2) is 60.3 Å². The number of ether oxygens (including phenoxy) is 1. The SMILES string of the molecule is C=CC(=O)Nc1cc(N=C(C=C(N)c2ccc3c(cnn3C)c2)NN)c(OC)cc1N(C)CCN1CCCC1. The van der Waals surface area contributed by atoms with Crippen molar-refractivity contribution >= 4 is 45.4 Å². The van der Waals surface area contributed by atoms with E-state index in [0.29, 0.717) is 28.7 Å². The molecule has 3 aromatic rings. The van der Waals surface area contributed by atoms with Gasteiger partial charge in [-0.3, -0.25) is 9.48 Å². The summed E-state index contributed by atoms with van der Waals surface area (Å²) in [7, 11) is 5.46. The summed E-state index contributed by atoms with van der Waals surface area (Å²) in [4.78, 5) is 21.5. The van der Waals surface area contributed by atoms with Crippen LogP contribution in [0.3, 0.4) is 0 Å². The van der Waals surface area contributed by atoms with E-state index in [-0.39, 0.29) is 5.91 Å². The number of aryl methyl sites for hydroxylation is 1. The highest BCUT2D eigenvalue weighted by Crippen LogP contribution is 2.38. The molecule has 0 aliphatic carbocycles. The quantitative estimate of drug-likeness (QED) is 0.103. The predicted octanol–water partition coefficient (Wildman–Crippen LogP) is 2.73. The van der Waals surface area contributed by atoms with Crippen molar-refractivity contribution in [3.63, 3.8) is 0 Å². The third kappa shape index (κ3) is 6.57. The maximum absolute atomic E-state index is 12.3. The summed E-state index contributed by atoms with van der Waals surface area (Å²) in [5.74, 6) is 6.33. The summed E-state index contributed by atoms with van der Waals surface area (Å²) >= 11 is 0. The minimum atomic E-state index is -0.323. The van der Waals surface area contributed by atoms with Crippen molar-refractivity contribution in [1.29, 1.82) is 0 Å². The molecule has 1 aromatic heterocycles. The molecule has 2 aromatic carbocycles. The van der Waals surface area contributed by atoms with Gasteiger partial charge in [-0.1, -0.05) is 12.6 Å². The van der Waals surface area contributed by atoms with E-state index in [1.807, 2.05) is 38.4 Å². The lowest BCUT2D eigenvalue weighted by Gasteiger charge is -2.26. The van der Waals surface area contributed by atoms with E-state index >= 15 is 0 Å². The zero-order chi connectivity index (χ0) is 27.9. The van der Waals surface area contributed by atoms with Crippen molar-refractivity contribution in [3.05, 3.63) is 60.8 Å². The molecule has 1 saturated heterocycles. The van der Waals surface area contributed by atoms with Crippen molar-refractivity contribution in [1.82, 2.24) is 20.1 Å². The third-order valence-electron chi connectivity index (χ3n) is 6.86. The molecule has 1 aliphatic heterocycles. The number of hydrazine groups is 1. The van der Waals surface area contributed by atoms with Crippen LogP contribution in [0, 0.1) is 0 Å². The molecule has 0 unspecified atom stereocenters. The van der Waals surface area contributed by atoms with Gasteiger partial charge in [0.05, 0.1) is 30.2 Å². The van der Waals surface area contributed by atoms with Crippen LogP contribution in [0.5, 0.6) is 5.75 Å². The third-order valence-corrected chi connectivity index (χ3v) is 6.86. The van der Waals surface area contributed by atoms with Crippen LogP contribution >= 0.6 is 0 Å². The molecule has 206 valence electrons. The van der Waals surface area contributed by atoms with Gasteiger partial charge < -0.3 is 31.0 Å². The van der Waals surface area contributed by atoms with Gasteiger partial charge in [-0.15, -0.1) is 0 Å². The van der Waals surface area contributed by atoms with Crippen molar-refractivity contribution < 1.29 is 9.53 Å². The molecular formula is C28H37N9O2. The Morgan fingerprint density at radius 1 is 1.28 bits per heavy atom. The Hall–Kier alpha value is -4.35. The summed E-state index contributed by atoms with van der Waals surface area (Å²) in [6, 6.07) is 9.45. The van der Waals surface area contributed by atoms with Gasteiger partial charge in [0.25, 0.3) is 0 Å². The lowest BCUT2D eigenvalue weighted by Crippen LogP contribution is -2.32. The molecule has 0 radical (unpaired) electrons. The molecule has 0 bridgehead atoms. The van der Waals surface area contributed by atoms with Crippen molar-refractivity contribution in [2.45, 2.75) is 12.8 Å². The summed E-state index contributed by atoms with van der Waals surface area (Å²) in [6.45, 7) is 7.54. The molecule has 1 aliphatic rings. The summed E-state index contributed by atoms with van der Waals surface area (Å²) in [5.41, 5.74) is 13.1. The Bertz CT molecular complexity index is 1400. The smallest absolute Gasteiger partial charge is 0.247 e. The Morgan fingerprint density at radius 3 is 2.74 bits per heavy atom. The molecule has 1 amide bonds. The van der Waals surface area contributed by atoms with E-state index in [1.54, 1.807) is 30.1 Å². The Morgan fingerprint density at radius 2 is 2.05 bits per heavy atom. The summed E-state index contributed by atoms with van der Waals surface area (Å²) < 4.78 is 7.48. The number of likely N-dealkylation sites (N-methyl/N-ethyl adjacent to an activating group) is 1. The summed E-state index contributed by atoms with van der Waals surface area (Å²) in [6.07, 6.45) is 7.14. The van der Waals surface area contributed by atoms with Gasteiger partial charge in [0.2, 0.25) is 5.91 Å². The molecule has 0 spiro atoms. The highest BCUT2D eigenvalue weighted by Gasteiger charge is 2.18. The highest BCUT2D eigenvalue weighted by molar-refractivity contribution is 6.03. The monoisotopic (exact) mass is 531 g/mol. The van der Waals surface area contributed by atoms with Crippen molar-refractivity contribution in [2.75, 3.05) is 50.6 Å². The predicted molar refractivity (Wildman–Crippen MR) is 158 cm³/mol. The number of aromatic nitrogens is 2. The highest BCUT2D eigenvalue weighted by atomic mass is 16.5. The topological polar surface area (TPSA) is 139 Å². The van der Waals surface area contributed by atoms with Crippen molar-refractivity contribution in [2.24, 2.45) is 23.6 Å². The molecule has 6 N–H and O–H groups in total. The first-order valence-electron chi connectivity index (χ1n) is 12.9. The van der Waals surface area contributed by atoms with Gasteiger partial charge in [-0.05, 0) is 55.8 Å². The largest absolute Gasteiger partial charge is 0.494 e. The van der Waals surface area contributed by atoms with E-state index in [2.05, 4.69) is 37.2 Å². The molecule has 39 heavy (non-hydrogen) atoms. The number of rotatable bonds is 10. The van der Waals surface area contributed by atoms with Gasteiger partial charge in [-0.25, -0.2) is 10.8 Å². The number of fused-ring (bicyclic) bond motifs is 1. The van der Waals surface area contributed by atoms with E-state index < -0.39 is 0 Å². The molecule has 1 fully saturated rings. The number of benzene rings is 2. The maximum atomic E-state index is 12.3. The fourth-order valence-electron chi connectivity index (χ4n) is 4.64. The second-order valence-electron chi connectivity index (χ2n) is 9.49. The van der Waals surface area contributed by atoms with Gasteiger partial charge in [0, 0.05) is 50.4 Å². The minimum absolute atomic E-state index is 0.313. The summed E-state index contributed by atoms with van der Waals surface area (Å²) in [5, 5.41) is 8.15. The number of nitrogens with two attached hydrogens (primary N) is 2. The molecule has 11 nitrogen and oxygen atoms in total. The number of amides is 1. The lowest BCUT2D eigenvalue weighted by molar-refractivity contribution is -0.111. The number of carbonyl (C=O) groups excluding carboxylic acids is 1. The van der Waals surface area contributed by atoms with Gasteiger partial charge >= 0.3 is 0 Å². The first-order chi connectivity index (χ1) is 18.8. The molecule has 11 heteroatoms. The van der Waals surface area contributed by atoms with Crippen LogP contribution in [0.4, 0.5) is 17.1 Å². The van der Waals surface area contributed by atoms with Gasteiger partial charge in [0.15, 0.2) is 0 Å². The molecule has 4 rings (SSSR count). The number of nitrogens with zero attached hydrogens (tertiary/aromatic N) is 5. The Labute approximate surface area is 228 Å². The molecule has 0 saturated carbocycles. The van der Waals surface area contributed by atoms with Crippen molar-refractivity contribution in [3.8, 4) is 5.75 Å². The van der Waals surface area contributed by atoms with E-state index in [9.17, 15) is 4.79 Å². The number of amidine groups is 1. The molecule has 0 atom stereocenters. The first-order valence-corrected chi connectivity index (χ1v) is 12.9. The standard InChI is InChI=1S/C28H37N9O2/c1-5-28(38)33-22-16-23(26(39-4)17-25(22)35(2)12-13-37-10-6-7-11-37)32-27(34-30)15-21(29)19-8-9-24-20(14-19)18-31-36(24)3/h5,8-9,14-18H,1,6-7,10-13,29-30H2,2-4H3,(H,32,34)(H,33,38). The number of carbonyl (C=O) groups is 1. The fourth-order valence-corrected chi connectivity index (χ4v) is 4.64. The second-order valence-corrected chi connectivity index (χ2v) is 9.49. The molecular weight excluding hydrogens is 494 g/mol. The van der Waals surface area contributed by atoms with Gasteiger partial charge in [0.1, 0.15) is 17.3 Å². The van der Waals surface area contributed by atoms with Crippen LogP contribution in [0.2, 0.25) is 0 Å². The van der Waals surface area contributed by atoms with Gasteiger partial charge in [-0.2, -0.15) is 5.10 Å².